The van der Waals surface area contributed by atoms with E-state index in [1.807, 2.05) is 6.92 Å². The molecule has 1 aromatic rings. The van der Waals surface area contributed by atoms with Gasteiger partial charge in [-0.2, -0.15) is 0 Å². The number of hydrogen-bond acceptors (Lipinski definition) is 4. The number of sulfone groups is 1. The summed E-state index contributed by atoms with van der Waals surface area (Å²) in [4.78, 5) is 7.07. The lowest BCUT2D eigenvalue weighted by molar-refractivity contribution is 0.567. The quantitative estimate of drug-likeness (QED) is 0.404. The Labute approximate surface area is 153 Å². The summed E-state index contributed by atoms with van der Waals surface area (Å²) in [6, 6.07) is 4.19. The summed E-state index contributed by atoms with van der Waals surface area (Å²) in [5.41, 5.74) is 0. The number of thiophene rings is 1. The van der Waals surface area contributed by atoms with Gasteiger partial charge in [-0.3, -0.25) is 0 Å². The van der Waals surface area contributed by atoms with Crippen molar-refractivity contribution in [3.8, 4) is 0 Å². The minimum absolute atomic E-state index is 0. The molecular formula is C14H24IN3O2S2. The largest absolute Gasteiger partial charge is 0.357 e. The average molecular weight is 457 g/mol. The van der Waals surface area contributed by atoms with Gasteiger partial charge in [0.1, 0.15) is 0 Å². The molecule has 0 amide bonds. The van der Waals surface area contributed by atoms with Crippen LogP contribution >= 0.6 is 35.3 Å². The molecule has 1 aliphatic heterocycles. The van der Waals surface area contributed by atoms with E-state index >= 15 is 0 Å². The monoisotopic (exact) mass is 457 g/mol. The first-order chi connectivity index (χ1) is 9.98. The van der Waals surface area contributed by atoms with E-state index in [2.05, 4.69) is 34.7 Å². The zero-order chi connectivity index (χ0) is 15.3. The van der Waals surface area contributed by atoms with E-state index in [0.29, 0.717) is 24.6 Å². The highest BCUT2D eigenvalue weighted by atomic mass is 127. The number of rotatable bonds is 5. The van der Waals surface area contributed by atoms with E-state index in [-0.39, 0.29) is 29.9 Å². The Hall–Kier alpha value is -0.350. The Morgan fingerprint density at radius 2 is 2.18 bits per heavy atom. The van der Waals surface area contributed by atoms with Crippen LogP contribution in [0.2, 0.25) is 0 Å². The molecule has 2 N–H and O–H groups in total. The summed E-state index contributed by atoms with van der Waals surface area (Å²) in [7, 11) is -2.81. The third-order valence-corrected chi connectivity index (χ3v) is 6.24. The lowest BCUT2D eigenvalue weighted by atomic mass is 10.1. The molecule has 22 heavy (non-hydrogen) atoms. The molecule has 1 aromatic heterocycles. The number of hydrogen-bond donors (Lipinski definition) is 2. The first kappa shape index (κ1) is 19.7. The predicted octanol–water partition coefficient (Wildman–Crippen LogP) is 2.16. The number of nitrogens with zero attached hydrogens (tertiary/aromatic N) is 1. The van der Waals surface area contributed by atoms with E-state index in [0.717, 1.165) is 18.9 Å². The van der Waals surface area contributed by atoms with Crippen LogP contribution in [-0.4, -0.2) is 39.0 Å². The molecule has 0 aromatic carbocycles. The smallest absolute Gasteiger partial charge is 0.191 e. The Kier molecular flexibility index (Phi) is 8.12. The van der Waals surface area contributed by atoms with Gasteiger partial charge in [-0.15, -0.1) is 35.3 Å². The first-order valence-electron chi connectivity index (χ1n) is 7.26. The highest BCUT2D eigenvalue weighted by Gasteiger charge is 2.27. The topological polar surface area (TPSA) is 70.6 Å². The summed E-state index contributed by atoms with van der Waals surface area (Å²) in [5.74, 6) is 1.57. The van der Waals surface area contributed by atoms with Crippen LogP contribution in [0.5, 0.6) is 0 Å². The molecule has 0 spiro atoms. The summed E-state index contributed by atoms with van der Waals surface area (Å²) in [5, 5.41) is 6.45. The Morgan fingerprint density at radius 1 is 1.41 bits per heavy atom. The van der Waals surface area contributed by atoms with E-state index in [1.54, 1.807) is 11.3 Å². The number of nitrogens with one attached hydrogen (secondary N) is 2. The first-order valence-corrected chi connectivity index (χ1v) is 9.90. The van der Waals surface area contributed by atoms with Crippen LogP contribution in [-0.2, 0) is 16.4 Å². The molecular weight excluding hydrogens is 433 g/mol. The molecule has 1 atom stereocenters. The van der Waals surface area contributed by atoms with Crippen molar-refractivity contribution in [1.29, 1.82) is 0 Å². The van der Waals surface area contributed by atoms with Gasteiger partial charge in [0.05, 0.1) is 18.1 Å². The molecule has 0 aliphatic carbocycles. The third kappa shape index (κ3) is 6.41. The second-order valence-corrected chi connectivity index (χ2v) is 8.96. The molecule has 126 valence electrons. The lowest BCUT2D eigenvalue weighted by Crippen LogP contribution is -2.40. The van der Waals surface area contributed by atoms with Crippen molar-refractivity contribution in [1.82, 2.24) is 10.6 Å². The number of aryl methyl sites for hydroxylation is 1. The maximum absolute atomic E-state index is 11.5. The Bertz CT molecular complexity index is 599. The summed E-state index contributed by atoms with van der Waals surface area (Å²) in [6.07, 6.45) is 0.749. The number of halogens is 1. The second-order valence-electron chi connectivity index (χ2n) is 5.36. The van der Waals surface area contributed by atoms with Crippen molar-refractivity contribution in [2.75, 3.05) is 24.6 Å². The maximum Gasteiger partial charge on any atom is 0.191 e. The fourth-order valence-corrected chi connectivity index (χ4v) is 5.02. The fourth-order valence-electron chi connectivity index (χ4n) is 2.34. The van der Waals surface area contributed by atoms with E-state index < -0.39 is 9.84 Å². The van der Waals surface area contributed by atoms with Crippen LogP contribution in [0.4, 0.5) is 0 Å². The van der Waals surface area contributed by atoms with Gasteiger partial charge in [-0.25, -0.2) is 13.4 Å². The van der Waals surface area contributed by atoms with E-state index in [9.17, 15) is 8.42 Å². The molecule has 8 heteroatoms. The van der Waals surface area contributed by atoms with Crippen LogP contribution in [0.15, 0.2) is 17.1 Å². The lowest BCUT2D eigenvalue weighted by Gasteiger charge is -2.14. The Balaban J connectivity index is 0.00000242. The molecule has 1 aliphatic rings. The Morgan fingerprint density at radius 3 is 2.73 bits per heavy atom. The average Bonchev–Trinajstić information content (AvgIpc) is 2.98. The van der Waals surface area contributed by atoms with Crippen molar-refractivity contribution in [2.24, 2.45) is 10.9 Å². The second kappa shape index (κ2) is 9.07. The molecule has 1 fully saturated rings. The van der Waals surface area contributed by atoms with Crippen LogP contribution < -0.4 is 10.6 Å². The fraction of sp³-hybridized carbons (Fsp3) is 0.643. The molecule has 2 heterocycles. The molecule has 1 saturated heterocycles. The molecule has 1 unspecified atom stereocenters. The van der Waals surface area contributed by atoms with Crippen molar-refractivity contribution >= 4 is 51.1 Å². The standard InChI is InChI=1S/C14H23N3O2S2.HI/c1-3-15-14(17-9-13-5-4-11(2)20-13)16-8-12-6-7-21(18,19)10-12;/h4-5,12H,3,6-10H2,1-2H3,(H2,15,16,17);1H. The van der Waals surface area contributed by atoms with E-state index in [4.69, 9.17) is 0 Å². The minimum atomic E-state index is -2.81. The van der Waals surface area contributed by atoms with Gasteiger partial charge in [0.2, 0.25) is 0 Å². The van der Waals surface area contributed by atoms with Crippen LogP contribution in [0.3, 0.4) is 0 Å². The van der Waals surface area contributed by atoms with Gasteiger partial charge < -0.3 is 10.6 Å². The predicted molar refractivity (Wildman–Crippen MR) is 104 cm³/mol. The third-order valence-electron chi connectivity index (χ3n) is 3.42. The highest BCUT2D eigenvalue weighted by molar-refractivity contribution is 14.0. The van der Waals surface area contributed by atoms with Crippen molar-refractivity contribution < 1.29 is 8.42 Å². The van der Waals surface area contributed by atoms with Gasteiger partial charge in [-0.05, 0) is 38.3 Å². The van der Waals surface area contributed by atoms with Crippen molar-refractivity contribution in [3.05, 3.63) is 21.9 Å². The normalized spacial score (nSPS) is 20.5. The maximum atomic E-state index is 11.5. The van der Waals surface area contributed by atoms with Gasteiger partial charge in [0, 0.05) is 22.8 Å². The molecule has 2 rings (SSSR count). The number of guanidine groups is 1. The van der Waals surface area contributed by atoms with Crippen molar-refractivity contribution in [3.63, 3.8) is 0 Å². The van der Waals surface area contributed by atoms with E-state index in [1.165, 1.54) is 9.75 Å². The van der Waals surface area contributed by atoms with Crippen LogP contribution in [0.1, 0.15) is 23.1 Å². The van der Waals surface area contributed by atoms with Gasteiger partial charge in [0.15, 0.2) is 15.8 Å². The van der Waals surface area contributed by atoms with Crippen molar-refractivity contribution in [2.45, 2.75) is 26.8 Å². The summed E-state index contributed by atoms with van der Waals surface area (Å²) < 4.78 is 22.9. The SMILES string of the molecule is CCNC(=NCc1ccc(C)s1)NCC1CCS(=O)(=O)C1.I. The summed E-state index contributed by atoms with van der Waals surface area (Å²) >= 11 is 1.75. The summed E-state index contributed by atoms with van der Waals surface area (Å²) in [6.45, 7) is 6.21. The van der Waals surface area contributed by atoms with Gasteiger partial charge in [0.25, 0.3) is 0 Å². The zero-order valence-electron chi connectivity index (χ0n) is 13.0. The molecule has 0 bridgehead atoms. The highest BCUT2D eigenvalue weighted by Crippen LogP contribution is 2.17. The molecule has 5 nitrogen and oxygen atoms in total. The molecule has 0 saturated carbocycles. The zero-order valence-corrected chi connectivity index (χ0v) is 16.9. The van der Waals surface area contributed by atoms with Crippen LogP contribution in [0.25, 0.3) is 0 Å². The minimum Gasteiger partial charge on any atom is -0.357 e. The molecule has 0 radical (unpaired) electrons. The van der Waals surface area contributed by atoms with Crippen LogP contribution in [0, 0.1) is 12.8 Å². The number of aliphatic imine (C=N–C) groups is 1. The van der Waals surface area contributed by atoms with Gasteiger partial charge >= 0.3 is 0 Å². The van der Waals surface area contributed by atoms with Gasteiger partial charge in [-0.1, -0.05) is 0 Å².